The summed E-state index contributed by atoms with van der Waals surface area (Å²) >= 11 is 0. The Labute approximate surface area is 147 Å². The molecular formula is C16H17F3N4O3. The van der Waals surface area contributed by atoms with Crippen molar-refractivity contribution < 1.29 is 27.4 Å². The molecule has 7 nitrogen and oxygen atoms in total. The number of benzene rings is 1. The highest BCUT2D eigenvalue weighted by atomic mass is 19.4. The fourth-order valence-corrected chi connectivity index (χ4v) is 2.68. The molecule has 10 heteroatoms. The number of nitrogens with one attached hydrogen (secondary N) is 2. The molecule has 1 aromatic heterocycles. The van der Waals surface area contributed by atoms with Gasteiger partial charge in [0, 0.05) is 7.05 Å². The van der Waals surface area contributed by atoms with Crippen LogP contribution in [0.25, 0.3) is 0 Å². The van der Waals surface area contributed by atoms with Crippen molar-refractivity contribution in [3.05, 3.63) is 36.0 Å². The summed E-state index contributed by atoms with van der Waals surface area (Å²) in [5.41, 5.74) is 0.217. The second-order valence-electron chi connectivity index (χ2n) is 5.96. The van der Waals surface area contributed by atoms with Crippen molar-refractivity contribution in [3.8, 4) is 11.6 Å². The van der Waals surface area contributed by atoms with Crippen LogP contribution >= 0.6 is 0 Å². The first kappa shape index (κ1) is 17.9. The van der Waals surface area contributed by atoms with E-state index in [1.54, 1.807) is 19.3 Å². The lowest BCUT2D eigenvalue weighted by atomic mass is 10.0. The van der Waals surface area contributed by atoms with E-state index in [2.05, 4.69) is 20.5 Å². The van der Waals surface area contributed by atoms with Gasteiger partial charge in [-0.3, -0.25) is 4.68 Å². The van der Waals surface area contributed by atoms with E-state index in [9.17, 15) is 18.0 Å². The lowest BCUT2D eigenvalue weighted by Gasteiger charge is -2.19. The van der Waals surface area contributed by atoms with Crippen molar-refractivity contribution in [1.29, 1.82) is 0 Å². The van der Waals surface area contributed by atoms with Crippen molar-refractivity contribution in [2.45, 2.75) is 24.7 Å². The lowest BCUT2D eigenvalue weighted by molar-refractivity contribution is -0.274. The topological polar surface area (TPSA) is 77.4 Å². The number of urea groups is 1. The van der Waals surface area contributed by atoms with E-state index in [0.717, 1.165) is 0 Å². The third-order valence-electron chi connectivity index (χ3n) is 3.96. The third-order valence-corrected chi connectivity index (χ3v) is 3.96. The average Bonchev–Trinajstić information content (AvgIpc) is 3.22. The number of halogens is 3. The van der Waals surface area contributed by atoms with Crippen molar-refractivity contribution in [3.63, 3.8) is 0 Å². The summed E-state index contributed by atoms with van der Waals surface area (Å²) in [4.78, 5) is 12.3. The van der Waals surface area contributed by atoms with Crippen LogP contribution in [0.3, 0.4) is 0 Å². The summed E-state index contributed by atoms with van der Waals surface area (Å²) in [6, 6.07) is 5.11. The van der Waals surface area contributed by atoms with Crippen molar-refractivity contribution in [2.75, 3.05) is 12.4 Å². The summed E-state index contributed by atoms with van der Waals surface area (Å²) in [5, 5.41) is 9.46. The number of ether oxygens (including phenoxy) is 2. The molecule has 2 aromatic rings. The Morgan fingerprint density at radius 2 is 2.08 bits per heavy atom. The number of nitrogens with zero attached hydrogens (tertiary/aromatic N) is 2. The first-order valence-electron chi connectivity index (χ1n) is 7.74. The van der Waals surface area contributed by atoms with E-state index in [1.165, 1.54) is 30.0 Å². The zero-order valence-corrected chi connectivity index (χ0v) is 14.1. The number of carbonyl (C=O) groups is 1. The maximum absolute atomic E-state index is 12.4. The fourth-order valence-electron chi connectivity index (χ4n) is 2.68. The summed E-state index contributed by atoms with van der Waals surface area (Å²) in [6.45, 7) is 0. The minimum atomic E-state index is -4.77. The number of carbonyl (C=O) groups excluding carboxylic acids is 1. The predicted molar refractivity (Wildman–Crippen MR) is 86.0 cm³/mol. The fraction of sp³-hybridized carbons (Fsp3) is 0.375. The Morgan fingerprint density at radius 3 is 2.69 bits per heavy atom. The van der Waals surface area contributed by atoms with Gasteiger partial charge in [-0.2, -0.15) is 0 Å². The zero-order chi connectivity index (χ0) is 18.9. The highest BCUT2D eigenvalue weighted by Gasteiger charge is 2.46. The van der Waals surface area contributed by atoms with E-state index in [-0.39, 0.29) is 11.6 Å². The molecule has 1 fully saturated rings. The van der Waals surface area contributed by atoms with E-state index in [4.69, 9.17) is 4.74 Å². The molecule has 3 rings (SSSR count). The Balaban J connectivity index is 1.71. The maximum Gasteiger partial charge on any atom is 0.573 e. The molecule has 140 valence electrons. The van der Waals surface area contributed by atoms with Crippen LogP contribution in [0.15, 0.2) is 30.5 Å². The molecule has 1 aliphatic rings. The SMILES string of the molecule is COc1nn(C)cc1NC(=O)NC1(c2cccc(OC(F)(F)F)c2)CC1. The van der Waals surface area contributed by atoms with Gasteiger partial charge in [-0.1, -0.05) is 12.1 Å². The minimum absolute atomic E-state index is 0.257. The standard InChI is InChI=1S/C16H17F3N4O3/c1-23-9-12(13(22-23)25-2)20-14(24)21-15(6-7-15)10-4-3-5-11(8-10)26-16(17,18)19/h3-5,8-9H,6-7H2,1-2H3,(H2,20,21,24). The number of amides is 2. The van der Waals surface area contributed by atoms with Crippen LogP contribution in [0.2, 0.25) is 0 Å². The molecule has 0 spiro atoms. The van der Waals surface area contributed by atoms with Gasteiger partial charge in [0.1, 0.15) is 11.4 Å². The van der Waals surface area contributed by atoms with Crippen LogP contribution in [0.1, 0.15) is 18.4 Å². The normalized spacial score (nSPS) is 15.3. The second kappa shape index (κ2) is 6.43. The molecule has 0 bridgehead atoms. The Bertz CT molecular complexity index is 815. The molecule has 0 saturated heterocycles. The molecule has 0 radical (unpaired) electrons. The number of aryl methyl sites for hydroxylation is 1. The Kier molecular flexibility index (Phi) is 4.43. The number of aromatic nitrogens is 2. The summed E-state index contributed by atoms with van der Waals surface area (Å²) in [5.74, 6) is -0.0644. The number of methoxy groups -OCH3 is 1. The zero-order valence-electron chi connectivity index (χ0n) is 14.1. The number of alkyl halides is 3. The highest BCUT2D eigenvalue weighted by Crippen LogP contribution is 2.46. The van der Waals surface area contributed by atoms with Crippen molar-refractivity contribution >= 4 is 11.7 Å². The van der Waals surface area contributed by atoms with Gasteiger partial charge >= 0.3 is 12.4 Å². The number of anilines is 1. The summed E-state index contributed by atoms with van der Waals surface area (Å²) < 4.78 is 47.7. The van der Waals surface area contributed by atoms with Gasteiger partial charge in [-0.15, -0.1) is 18.3 Å². The van der Waals surface area contributed by atoms with Crippen molar-refractivity contribution in [1.82, 2.24) is 15.1 Å². The van der Waals surface area contributed by atoms with Gasteiger partial charge < -0.3 is 20.1 Å². The van der Waals surface area contributed by atoms with E-state index in [0.29, 0.717) is 24.1 Å². The van der Waals surface area contributed by atoms with Gasteiger partial charge in [0.25, 0.3) is 5.88 Å². The summed E-state index contributed by atoms with van der Waals surface area (Å²) in [6.07, 6.45) is -1.97. The molecule has 0 atom stereocenters. The van der Waals surface area contributed by atoms with Crippen molar-refractivity contribution in [2.24, 2.45) is 7.05 Å². The molecule has 0 aliphatic heterocycles. The molecule has 2 amide bonds. The van der Waals surface area contributed by atoms with Crippen LogP contribution in [0.4, 0.5) is 23.7 Å². The van der Waals surface area contributed by atoms with E-state index in [1.807, 2.05) is 0 Å². The molecule has 1 saturated carbocycles. The van der Waals surface area contributed by atoms with Gasteiger partial charge in [-0.05, 0) is 30.5 Å². The monoisotopic (exact) mass is 370 g/mol. The molecular weight excluding hydrogens is 353 g/mol. The predicted octanol–water partition coefficient (Wildman–Crippen LogP) is 3.14. The largest absolute Gasteiger partial charge is 0.573 e. The molecule has 2 N–H and O–H groups in total. The molecule has 1 aliphatic carbocycles. The molecule has 1 aromatic carbocycles. The highest BCUT2D eigenvalue weighted by molar-refractivity contribution is 5.91. The minimum Gasteiger partial charge on any atom is -0.478 e. The van der Waals surface area contributed by atoms with Crippen LogP contribution in [0, 0.1) is 0 Å². The van der Waals surface area contributed by atoms with Crippen LogP contribution in [0.5, 0.6) is 11.6 Å². The van der Waals surface area contributed by atoms with Crippen LogP contribution in [-0.4, -0.2) is 29.3 Å². The first-order valence-corrected chi connectivity index (χ1v) is 7.74. The third kappa shape index (κ3) is 4.01. The number of hydrogen-bond donors (Lipinski definition) is 2. The number of hydrogen-bond acceptors (Lipinski definition) is 4. The maximum atomic E-state index is 12.4. The van der Waals surface area contributed by atoms with E-state index >= 15 is 0 Å². The Hall–Kier alpha value is -2.91. The van der Waals surface area contributed by atoms with Gasteiger partial charge in [0.15, 0.2) is 0 Å². The summed E-state index contributed by atoms with van der Waals surface area (Å²) in [7, 11) is 3.11. The van der Waals surface area contributed by atoms with Crippen LogP contribution < -0.4 is 20.1 Å². The quantitative estimate of drug-likeness (QED) is 0.848. The Morgan fingerprint density at radius 1 is 1.35 bits per heavy atom. The lowest BCUT2D eigenvalue weighted by Crippen LogP contribution is -2.38. The van der Waals surface area contributed by atoms with Gasteiger partial charge in [0.05, 0.1) is 18.8 Å². The molecule has 26 heavy (non-hydrogen) atoms. The molecule has 0 unspecified atom stereocenters. The van der Waals surface area contributed by atoms with E-state index < -0.39 is 17.9 Å². The van der Waals surface area contributed by atoms with Gasteiger partial charge in [0.2, 0.25) is 0 Å². The van der Waals surface area contributed by atoms with Gasteiger partial charge in [-0.25, -0.2) is 4.79 Å². The smallest absolute Gasteiger partial charge is 0.478 e. The second-order valence-corrected chi connectivity index (χ2v) is 5.96. The average molecular weight is 370 g/mol. The first-order chi connectivity index (χ1) is 12.2. The number of rotatable bonds is 5. The molecule has 1 heterocycles. The van der Waals surface area contributed by atoms with Crippen LogP contribution in [-0.2, 0) is 12.6 Å².